The smallest absolute Gasteiger partial charge is 0.222 e. The Kier molecular flexibility index (Phi) is 4.72. The zero-order valence-electron chi connectivity index (χ0n) is 15.4. The minimum absolute atomic E-state index is 0.333. The van der Waals surface area contributed by atoms with Crippen LogP contribution in [0, 0.1) is 5.41 Å². The van der Waals surface area contributed by atoms with Crippen molar-refractivity contribution in [1.82, 2.24) is 9.80 Å². The molecule has 0 bridgehead atoms. The van der Waals surface area contributed by atoms with Crippen molar-refractivity contribution in [3.8, 4) is 5.75 Å². The summed E-state index contributed by atoms with van der Waals surface area (Å²) in [6.45, 7) is 7.04. The molecule has 1 atom stereocenters. The largest absolute Gasteiger partial charge is 0.494 e. The number of amides is 1. The van der Waals surface area contributed by atoms with Gasteiger partial charge in [-0.2, -0.15) is 0 Å². The van der Waals surface area contributed by atoms with Crippen molar-refractivity contribution < 1.29 is 9.53 Å². The number of nitrogens with zero attached hydrogens (tertiary/aromatic N) is 2. The Labute approximate surface area is 151 Å². The fourth-order valence-corrected chi connectivity index (χ4v) is 4.66. The van der Waals surface area contributed by atoms with E-state index in [0.29, 0.717) is 24.0 Å². The minimum atomic E-state index is 0.333. The molecule has 1 saturated carbocycles. The molecule has 3 aliphatic rings. The third kappa shape index (κ3) is 3.84. The SMILES string of the molecule is CCOc1ccc(CN2CCCC3(CCC(=O)N(C4CC4)C3)C2)cc1. The summed E-state index contributed by atoms with van der Waals surface area (Å²) in [5, 5.41) is 0. The van der Waals surface area contributed by atoms with Crippen molar-refractivity contribution in [3.05, 3.63) is 29.8 Å². The number of carbonyl (C=O) groups excluding carboxylic acids is 1. The molecular formula is C21H30N2O2. The predicted molar refractivity (Wildman–Crippen MR) is 98.5 cm³/mol. The summed E-state index contributed by atoms with van der Waals surface area (Å²) in [4.78, 5) is 17.1. The van der Waals surface area contributed by atoms with E-state index in [1.165, 1.54) is 37.8 Å². The lowest BCUT2D eigenvalue weighted by atomic mass is 9.73. The zero-order chi connectivity index (χ0) is 17.3. The number of piperidine rings is 2. The Morgan fingerprint density at radius 3 is 2.68 bits per heavy atom. The van der Waals surface area contributed by atoms with Gasteiger partial charge in [-0.3, -0.25) is 9.69 Å². The van der Waals surface area contributed by atoms with Gasteiger partial charge in [-0.1, -0.05) is 12.1 Å². The molecule has 3 fully saturated rings. The van der Waals surface area contributed by atoms with E-state index in [1.54, 1.807) is 0 Å². The molecule has 2 heterocycles. The molecular weight excluding hydrogens is 312 g/mol. The van der Waals surface area contributed by atoms with Crippen molar-refractivity contribution in [2.75, 3.05) is 26.2 Å². The highest BCUT2D eigenvalue weighted by Crippen LogP contribution is 2.42. The number of ether oxygens (including phenoxy) is 1. The second kappa shape index (κ2) is 6.99. The van der Waals surface area contributed by atoms with Crippen LogP contribution in [-0.4, -0.2) is 48.0 Å². The van der Waals surface area contributed by atoms with E-state index in [1.807, 2.05) is 6.92 Å². The van der Waals surface area contributed by atoms with Crippen molar-refractivity contribution in [3.63, 3.8) is 0 Å². The molecule has 136 valence electrons. The second-order valence-corrected chi connectivity index (χ2v) is 8.14. The third-order valence-electron chi connectivity index (χ3n) is 6.06. The van der Waals surface area contributed by atoms with Crippen LogP contribution >= 0.6 is 0 Å². The maximum absolute atomic E-state index is 12.3. The molecule has 4 heteroatoms. The second-order valence-electron chi connectivity index (χ2n) is 8.14. The summed E-state index contributed by atoms with van der Waals surface area (Å²) in [6.07, 6.45) is 6.81. The van der Waals surface area contributed by atoms with Crippen molar-refractivity contribution in [2.45, 2.75) is 58.0 Å². The van der Waals surface area contributed by atoms with Crippen LogP contribution in [0.1, 0.15) is 51.0 Å². The first kappa shape index (κ1) is 16.9. The topological polar surface area (TPSA) is 32.8 Å². The number of rotatable bonds is 5. The maximum Gasteiger partial charge on any atom is 0.222 e. The van der Waals surface area contributed by atoms with E-state index >= 15 is 0 Å². The lowest BCUT2D eigenvalue weighted by Gasteiger charge is -2.48. The van der Waals surface area contributed by atoms with Crippen LogP contribution in [0.25, 0.3) is 0 Å². The van der Waals surface area contributed by atoms with Crippen molar-refractivity contribution in [2.24, 2.45) is 5.41 Å². The first-order chi connectivity index (χ1) is 12.2. The van der Waals surface area contributed by atoms with Gasteiger partial charge in [0, 0.05) is 37.5 Å². The van der Waals surface area contributed by atoms with Crippen LogP contribution in [-0.2, 0) is 11.3 Å². The van der Waals surface area contributed by atoms with E-state index < -0.39 is 0 Å². The lowest BCUT2D eigenvalue weighted by molar-refractivity contribution is -0.140. The fourth-order valence-electron chi connectivity index (χ4n) is 4.66. The monoisotopic (exact) mass is 342 g/mol. The Hall–Kier alpha value is -1.55. The first-order valence-electron chi connectivity index (χ1n) is 9.91. The van der Waals surface area contributed by atoms with Crippen LogP contribution in [0.5, 0.6) is 5.75 Å². The van der Waals surface area contributed by atoms with Crippen LogP contribution in [0.4, 0.5) is 0 Å². The summed E-state index contributed by atoms with van der Waals surface area (Å²) in [7, 11) is 0. The van der Waals surface area contributed by atoms with Gasteiger partial charge in [0.2, 0.25) is 5.91 Å². The maximum atomic E-state index is 12.3. The number of benzene rings is 1. The highest BCUT2D eigenvalue weighted by Gasteiger charge is 2.45. The number of hydrogen-bond donors (Lipinski definition) is 0. The minimum Gasteiger partial charge on any atom is -0.494 e. The van der Waals surface area contributed by atoms with E-state index in [2.05, 4.69) is 34.1 Å². The fraction of sp³-hybridized carbons (Fsp3) is 0.667. The predicted octanol–water partition coefficient (Wildman–Crippen LogP) is 3.45. The van der Waals surface area contributed by atoms with Gasteiger partial charge in [0.25, 0.3) is 0 Å². The standard InChI is InChI=1S/C21H30N2O2/c1-2-25-19-8-4-17(5-9-19)14-22-13-3-11-21(15-22)12-10-20(24)23(16-21)18-6-7-18/h4-5,8-9,18H,2-3,6-7,10-16H2,1H3. The number of carbonyl (C=O) groups is 1. The molecule has 1 spiro atoms. The summed E-state index contributed by atoms with van der Waals surface area (Å²) in [5.41, 5.74) is 1.69. The van der Waals surface area contributed by atoms with Gasteiger partial charge in [-0.05, 0) is 63.3 Å². The quantitative estimate of drug-likeness (QED) is 0.822. The summed E-state index contributed by atoms with van der Waals surface area (Å²) in [6, 6.07) is 9.09. The van der Waals surface area contributed by atoms with Gasteiger partial charge in [0.15, 0.2) is 0 Å². The first-order valence-corrected chi connectivity index (χ1v) is 9.91. The molecule has 0 aromatic heterocycles. The van der Waals surface area contributed by atoms with Crippen molar-refractivity contribution >= 4 is 5.91 Å². The van der Waals surface area contributed by atoms with Gasteiger partial charge in [-0.15, -0.1) is 0 Å². The lowest BCUT2D eigenvalue weighted by Crippen LogP contribution is -2.54. The van der Waals surface area contributed by atoms with E-state index in [0.717, 1.165) is 38.2 Å². The van der Waals surface area contributed by atoms with Crippen LogP contribution in [0.2, 0.25) is 0 Å². The van der Waals surface area contributed by atoms with Crippen LogP contribution in [0.15, 0.2) is 24.3 Å². The molecule has 0 N–H and O–H groups in total. The molecule has 25 heavy (non-hydrogen) atoms. The molecule has 4 nitrogen and oxygen atoms in total. The molecule has 1 aromatic rings. The molecule has 2 saturated heterocycles. The van der Waals surface area contributed by atoms with Crippen LogP contribution < -0.4 is 4.74 Å². The molecule has 1 aliphatic carbocycles. The van der Waals surface area contributed by atoms with Crippen LogP contribution in [0.3, 0.4) is 0 Å². The van der Waals surface area contributed by atoms with Crippen molar-refractivity contribution in [1.29, 1.82) is 0 Å². The van der Waals surface area contributed by atoms with E-state index in [4.69, 9.17) is 4.74 Å². The molecule has 1 unspecified atom stereocenters. The molecule has 0 radical (unpaired) electrons. The molecule has 1 amide bonds. The van der Waals surface area contributed by atoms with Gasteiger partial charge in [-0.25, -0.2) is 0 Å². The van der Waals surface area contributed by atoms with Gasteiger partial charge >= 0.3 is 0 Å². The molecule has 4 rings (SSSR count). The van der Waals surface area contributed by atoms with E-state index in [9.17, 15) is 4.79 Å². The summed E-state index contributed by atoms with van der Waals surface area (Å²) < 4.78 is 5.54. The third-order valence-corrected chi connectivity index (χ3v) is 6.06. The Morgan fingerprint density at radius 1 is 1.16 bits per heavy atom. The Bertz CT molecular complexity index is 611. The highest BCUT2D eigenvalue weighted by atomic mass is 16.5. The van der Waals surface area contributed by atoms with Gasteiger partial charge < -0.3 is 9.64 Å². The molecule has 2 aliphatic heterocycles. The average molecular weight is 342 g/mol. The Morgan fingerprint density at radius 2 is 1.96 bits per heavy atom. The Balaban J connectivity index is 1.39. The normalized spacial score (nSPS) is 27.7. The highest BCUT2D eigenvalue weighted by molar-refractivity contribution is 5.78. The molecule has 1 aromatic carbocycles. The number of hydrogen-bond acceptors (Lipinski definition) is 3. The summed E-state index contributed by atoms with van der Waals surface area (Å²) in [5.74, 6) is 1.35. The van der Waals surface area contributed by atoms with Gasteiger partial charge in [0.1, 0.15) is 5.75 Å². The van der Waals surface area contributed by atoms with Gasteiger partial charge in [0.05, 0.1) is 6.61 Å². The number of likely N-dealkylation sites (tertiary alicyclic amines) is 2. The van der Waals surface area contributed by atoms with E-state index in [-0.39, 0.29) is 0 Å². The zero-order valence-corrected chi connectivity index (χ0v) is 15.4. The summed E-state index contributed by atoms with van der Waals surface area (Å²) >= 11 is 0. The average Bonchev–Trinajstić information content (AvgIpc) is 3.45.